The van der Waals surface area contributed by atoms with E-state index in [-0.39, 0.29) is 11.3 Å². The third-order valence-electron chi connectivity index (χ3n) is 6.81. The zero-order chi connectivity index (χ0) is 25.7. The maximum absolute atomic E-state index is 13.6. The number of Topliss-reactive ketones (excluding diaryl/α,β-unsaturated/α-hetero) is 1. The van der Waals surface area contributed by atoms with Crippen molar-refractivity contribution in [3.05, 3.63) is 89.6 Å². The van der Waals surface area contributed by atoms with Crippen LogP contribution in [0.3, 0.4) is 0 Å². The number of aliphatic hydroxyl groups is 1. The number of aromatic nitrogens is 1. The van der Waals surface area contributed by atoms with Gasteiger partial charge in [-0.05, 0) is 36.4 Å². The average Bonchev–Trinajstić information content (AvgIpc) is 3.41. The quantitative estimate of drug-likeness (QED) is 0.253. The molecule has 1 N–H and O–H groups in total. The number of amides is 1. The molecule has 0 saturated carbocycles. The van der Waals surface area contributed by atoms with E-state index in [2.05, 4.69) is 0 Å². The van der Waals surface area contributed by atoms with Crippen molar-refractivity contribution in [3.63, 3.8) is 0 Å². The smallest absolute Gasteiger partial charge is 0.300 e. The van der Waals surface area contributed by atoms with Crippen molar-refractivity contribution < 1.29 is 28.9 Å². The Morgan fingerprint density at radius 2 is 1.76 bits per heavy atom. The van der Waals surface area contributed by atoms with E-state index in [1.54, 1.807) is 42.5 Å². The van der Waals surface area contributed by atoms with Crippen LogP contribution in [0, 0.1) is 0 Å². The van der Waals surface area contributed by atoms with Crippen LogP contribution in [0.15, 0.2) is 78.5 Å². The van der Waals surface area contributed by atoms with E-state index in [0.717, 1.165) is 16.5 Å². The number of nitrogens with zero attached hydrogens (tertiary/aromatic N) is 2. The summed E-state index contributed by atoms with van der Waals surface area (Å²) in [5.74, 6) is -0.204. The third-order valence-corrected chi connectivity index (χ3v) is 6.81. The van der Waals surface area contributed by atoms with Gasteiger partial charge < -0.3 is 23.9 Å². The number of carbonyl (C=O) groups is 2. The van der Waals surface area contributed by atoms with E-state index in [1.165, 1.54) is 12.0 Å². The van der Waals surface area contributed by atoms with E-state index in [4.69, 9.17) is 14.2 Å². The monoisotopic (exact) mass is 496 g/mol. The molecule has 8 heteroatoms. The average molecular weight is 497 g/mol. The summed E-state index contributed by atoms with van der Waals surface area (Å²) in [5.41, 5.74) is 2.51. The summed E-state index contributed by atoms with van der Waals surface area (Å²) in [5, 5.41) is 12.4. The number of hydrogen-bond acceptors (Lipinski definition) is 6. The Hall–Kier alpha value is -4.72. The van der Waals surface area contributed by atoms with Gasteiger partial charge in [-0.2, -0.15) is 0 Å². The molecule has 37 heavy (non-hydrogen) atoms. The second-order valence-electron chi connectivity index (χ2n) is 8.94. The number of benzene rings is 3. The van der Waals surface area contributed by atoms with Crippen LogP contribution in [0.25, 0.3) is 16.7 Å². The zero-order valence-corrected chi connectivity index (χ0v) is 20.3. The lowest BCUT2D eigenvalue weighted by atomic mass is 9.94. The second kappa shape index (κ2) is 8.74. The molecule has 1 saturated heterocycles. The van der Waals surface area contributed by atoms with Crippen LogP contribution >= 0.6 is 0 Å². The highest BCUT2D eigenvalue weighted by atomic mass is 16.6. The number of methoxy groups -OCH3 is 1. The van der Waals surface area contributed by atoms with Crippen LogP contribution < -0.4 is 19.1 Å². The molecule has 8 nitrogen and oxygen atoms in total. The summed E-state index contributed by atoms with van der Waals surface area (Å²) in [7, 11) is 3.45. The molecule has 0 bridgehead atoms. The number of fused-ring (bicyclic) bond motifs is 2. The van der Waals surface area contributed by atoms with Crippen molar-refractivity contribution in [3.8, 4) is 17.2 Å². The second-order valence-corrected chi connectivity index (χ2v) is 8.94. The first kappa shape index (κ1) is 22.7. The van der Waals surface area contributed by atoms with Gasteiger partial charge in [0.05, 0.1) is 18.7 Å². The lowest BCUT2D eigenvalue weighted by Gasteiger charge is -2.25. The van der Waals surface area contributed by atoms with Gasteiger partial charge in [0.25, 0.3) is 11.7 Å². The molecule has 4 aromatic rings. The Bertz CT molecular complexity index is 1600. The summed E-state index contributed by atoms with van der Waals surface area (Å²) < 4.78 is 18.6. The number of ether oxygens (including phenoxy) is 3. The summed E-state index contributed by atoms with van der Waals surface area (Å²) in [4.78, 5) is 28.5. The van der Waals surface area contributed by atoms with Crippen LogP contribution in [0.1, 0.15) is 17.2 Å². The number of ketones is 1. The van der Waals surface area contributed by atoms with Gasteiger partial charge in [0, 0.05) is 47.0 Å². The van der Waals surface area contributed by atoms with E-state index in [1.807, 2.05) is 42.1 Å². The van der Waals surface area contributed by atoms with Gasteiger partial charge >= 0.3 is 0 Å². The Morgan fingerprint density at radius 1 is 0.973 bits per heavy atom. The van der Waals surface area contributed by atoms with Crippen LogP contribution in [0.2, 0.25) is 0 Å². The fourth-order valence-electron chi connectivity index (χ4n) is 5.09. The molecule has 1 aromatic heterocycles. The van der Waals surface area contributed by atoms with Gasteiger partial charge in [-0.15, -0.1) is 0 Å². The Morgan fingerprint density at radius 3 is 2.57 bits per heavy atom. The van der Waals surface area contributed by atoms with Crippen LogP contribution in [0.5, 0.6) is 17.2 Å². The maximum atomic E-state index is 13.6. The van der Waals surface area contributed by atoms with E-state index < -0.39 is 17.7 Å². The predicted molar refractivity (Wildman–Crippen MR) is 138 cm³/mol. The number of rotatable bonds is 4. The van der Waals surface area contributed by atoms with Gasteiger partial charge in [0.1, 0.15) is 24.7 Å². The molecular formula is C29H24N2O6. The normalized spacial score (nSPS) is 18.4. The topological polar surface area (TPSA) is 90.2 Å². The first-order chi connectivity index (χ1) is 18.0. The van der Waals surface area contributed by atoms with E-state index in [0.29, 0.717) is 41.7 Å². The van der Waals surface area contributed by atoms with Gasteiger partial charge in [-0.25, -0.2) is 0 Å². The largest absolute Gasteiger partial charge is 0.507 e. The summed E-state index contributed by atoms with van der Waals surface area (Å²) >= 11 is 0. The molecule has 0 radical (unpaired) electrons. The Balaban J connectivity index is 1.60. The van der Waals surface area contributed by atoms with Gasteiger partial charge in [-0.3, -0.25) is 14.5 Å². The summed E-state index contributed by atoms with van der Waals surface area (Å²) in [6.07, 6.45) is 1.89. The molecule has 2 aliphatic heterocycles. The minimum atomic E-state index is -0.869. The minimum Gasteiger partial charge on any atom is -0.507 e. The summed E-state index contributed by atoms with van der Waals surface area (Å²) in [6.45, 7) is 0.818. The van der Waals surface area contributed by atoms with Crippen molar-refractivity contribution >= 4 is 34.0 Å². The predicted octanol–water partition coefficient (Wildman–Crippen LogP) is 4.58. The lowest BCUT2D eigenvalue weighted by Crippen LogP contribution is -2.29. The fraction of sp³-hybridized carbons (Fsp3) is 0.172. The maximum Gasteiger partial charge on any atom is 0.300 e. The molecule has 186 valence electrons. The molecule has 2 aliphatic rings. The van der Waals surface area contributed by atoms with Crippen molar-refractivity contribution in [1.82, 2.24) is 4.57 Å². The number of aliphatic hydroxyl groups excluding tert-OH is 1. The molecule has 1 atom stereocenters. The van der Waals surface area contributed by atoms with Crippen LogP contribution in [-0.2, 0) is 16.6 Å². The SMILES string of the molecule is COc1cccc(N2C(=O)C(=O)/C(=C(/O)c3ccc4c(c3)OCCO4)C2c2cn(C)c3ccccc23)c1. The number of hydrogen-bond donors (Lipinski definition) is 1. The first-order valence-electron chi connectivity index (χ1n) is 11.9. The highest BCUT2D eigenvalue weighted by molar-refractivity contribution is 6.52. The molecule has 0 aliphatic carbocycles. The summed E-state index contributed by atoms with van der Waals surface area (Å²) in [6, 6.07) is 18.8. The van der Waals surface area contributed by atoms with Crippen LogP contribution in [-0.4, -0.2) is 41.7 Å². The highest BCUT2D eigenvalue weighted by Gasteiger charge is 2.48. The van der Waals surface area contributed by atoms with Gasteiger partial charge in [0.2, 0.25) is 0 Å². The van der Waals surface area contributed by atoms with Gasteiger partial charge in [0.15, 0.2) is 11.5 Å². The molecule has 1 fully saturated rings. The Kier molecular flexibility index (Phi) is 5.37. The molecule has 0 spiro atoms. The van der Waals surface area contributed by atoms with Crippen molar-refractivity contribution in [2.24, 2.45) is 7.05 Å². The molecule has 3 heterocycles. The minimum absolute atomic E-state index is 0.000788. The molecular weight excluding hydrogens is 472 g/mol. The zero-order valence-electron chi connectivity index (χ0n) is 20.3. The fourth-order valence-corrected chi connectivity index (χ4v) is 5.09. The van der Waals surface area contributed by atoms with Crippen molar-refractivity contribution in [2.75, 3.05) is 25.2 Å². The van der Waals surface area contributed by atoms with E-state index >= 15 is 0 Å². The molecule has 6 rings (SSSR count). The van der Waals surface area contributed by atoms with E-state index in [9.17, 15) is 14.7 Å². The molecule has 3 aromatic carbocycles. The van der Waals surface area contributed by atoms with Gasteiger partial charge in [-0.1, -0.05) is 24.3 Å². The first-order valence-corrected chi connectivity index (χ1v) is 11.9. The van der Waals surface area contributed by atoms with Crippen LogP contribution in [0.4, 0.5) is 5.69 Å². The van der Waals surface area contributed by atoms with Crippen molar-refractivity contribution in [1.29, 1.82) is 0 Å². The number of anilines is 1. The molecule has 1 amide bonds. The highest BCUT2D eigenvalue weighted by Crippen LogP contribution is 2.45. The number of carbonyl (C=O) groups excluding carboxylic acids is 2. The Labute approximate surface area is 212 Å². The molecule has 1 unspecified atom stereocenters. The van der Waals surface area contributed by atoms with Crippen molar-refractivity contribution in [2.45, 2.75) is 6.04 Å². The lowest BCUT2D eigenvalue weighted by molar-refractivity contribution is -0.132. The standard InChI is InChI=1S/C29H24N2O6/c1-30-16-21(20-8-3-4-9-22(20)30)26-25(27(32)17-10-11-23-24(14-17)37-13-12-36-23)28(33)29(34)31(26)18-6-5-7-19(15-18)35-2/h3-11,14-16,26,32H,12-13H2,1-2H3/b27-25+. The third kappa shape index (κ3) is 3.60. The number of para-hydroxylation sites is 1. The number of aryl methyl sites for hydroxylation is 1.